The maximum Gasteiger partial charge on any atom is 0.325 e. The first-order valence-electron chi connectivity index (χ1n) is 8.08. The lowest BCUT2D eigenvalue weighted by molar-refractivity contribution is -0.385. The van der Waals surface area contributed by atoms with Crippen LogP contribution in [0.3, 0.4) is 0 Å². The van der Waals surface area contributed by atoms with Gasteiger partial charge in [0.15, 0.2) is 11.2 Å². The molecular formula is C19H17NO6. The number of nitro benzene ring substituents is 1. The Bertz CT molecular complexity index is 907. The molecule has 7 nitrogen and oxygen atoms in total. The van der Waals surface area contributed by atoms with E-state index in [1.165, 1.54) is 25.3 Å². The van der Waals surface area contributed by atoms with E-state index in [9.17, 15) is 19.7 Å². The molecule has 0 fully saturated rings. The minimum Gasteiger partial charge on any atom is -0.497 e. The normalized spacial score (nSPS) is 18.3. The number of benzene rings is 2. The van der Waals surface area contributed by atoms with E-state index in [-0.39, 0.29) is 24.3 Å². The molecular weight excluding hydrogens is 338 g/mol. The zero-order chi connectivity index (χ0) is 18.9. The Labute approximate surface area is 149 Å². The Balaban J connectivity index is 2.25. The van der Waals surface area contributed by atoms with Crippen LogP contribution in [0.1, 0.15) is 28.4 Å². The fraction of sp³-hybridized carbons (Fsp3) is 0.263. The van der Waals surface area contributed by atoms with Crippen molar-refractivity contribution in [3.63, 3.8) is 0 Å². The molecule has 0 spiro atoms. The van der Waals surface area contributed by atoms with Crippen LogP contribution in [0.4, 0.5) is 5.69 Å². The van der Waals surface area contributed by atoms with E-state index in [2.05, 4.69) is 0 Å². The fourth-order valence-corrected chi connectivity index (χ4v) is 3.40. The summed E-state index contributed by atoms with van der Waals surface area (Å²) in [6.45, 7) is 1.69. The van der Waals surface area contributed by atoms with Gasteiger partial charge in [-0.1, -0.05) is 18.2 Å². The van der Waals surface area contributed by atoms with Crippen LogP contribution < -0.4 is 4.74 Å². The first-order valence-corrected chi connectivity index (χ1v) is 8.08. The van der Waals surface area contributed by atoms with Crippen LogP contribution in [0.2, 0.25) is 0 Å². The molecule has 0 heterocycles. The summed E-state index contributed by atoms with van der Waals surface area (Å²) < 4.78 is 10.3. The molecule has 1 aliphatic carbocycles. The molecule has 0 saturated carbocycles. The van der Waals surface area contributed by atoms with Crippen molar-refractivity contribution in [3.05, 3.63) is 69.3 Å². The molecule has 0 bridgehead atoms. The summed E-state index contributed by atoms with van der Waals surface area (Å²) in [4.78, 5) is 37.0. The molecule has 1 atom stereocenters. The van der Waals surface area contributed by atoms with Crippen molar-refractivity contribution >= 4 is 17.4 Å². The van der Waals surface area contributed by atoms with Gasteiger partial charge in [-0.05, 0) is 30.7 Å². The van der Waals surface area contributed by atoms with E-state index < -0.39 is 22.1 Å². The largest absolute Gasteiger partial charge is 0.497 e. The predicted octanol–water partition coefficient (Wildman–Crippen LogP) is 2.84. The lowest BCUT2D eigenvalue weighted by Crippen LogP contribution is -2.43. The van der Waals surface area contributed by atoms with Crippen molar-refractivity contribution < 1.29 is 24.0 Å². The molecule has 26 heavy (non-hydrogen) atoms. The summed E-state index contributed by atoms with van der Waals surface area (Å²) >= 11 is 0. The zero-order valence-electron chi connectivity index (χ0n) is 14.4. The maximum atomic E-state index is 13.2. The van der Waals surface area contributed by atoms with Crippen LogP contribution in [0, 0.1) is 10.1 Å². The topological polar surface area (TPSA) is 95.7 Å². The quantitative estimate of drug-likeness (QED) is 0.354. The van der Waals surface area contributed by atoms with E-state index in [4.69, 9.17) is 9.47 Å². The molecule has 1 unspecified atom stereocenters. The number of para-hydroxylation sites is 1. The highest BCUT2D eigenvalue weighted by molar-refractivity contribution is 6.21. The van der Waals surface area contributed by atoms with Gasteiger partial charge in [0.2, 0.25) is 0 Å². The van der Waals surface area contributed by atoms with Gasteiger partial charge >= 0.3 is 5.97 Å². The number of ether oxygens (including phenoxy) is 2. The van der Waals surface area contributed by atoms with Gasteiger partial charge in [0.1, 0.15) is 5.75 Å². The smallest absolute Gasteiger partial charge is 0.325 e. The summed E-state index contributed by atoms with van der Waals surface area (Å²) in [6, 6.07) is 10.7. The average molecular weight is 355 g/mol. The van der Waals surface area contributed by atoms with E-state index >= 15 is 0 Å². The molecule has 0 amide bonds. The number of methoxy groups -OCH3 is 1. The number of carbonyl (C=O) groups is 2. The Morgan fingerprint density at radius 3 is 2.65 bits per heavy atom. The summed E-state index contributed by atoms with van der Waals surface area (Å²) in [7, 11) is 1.50. The molecule has 2 aromatic carbocycles. The molecule has 134 valence electrons. The Morgan fingerprint density at radius 1 is 1.27 bits per heavy atom. The third-order valence-electron chi connectivity index (χ3n) is 4.58. The molecule has 2 aromatic rings. The van der Waals surface area contributed by atoms with Crippen molar-refractivity contribution in [3.8, 4) is 5.75 Å². The fourth-order valence-electron chi connectivity index (χ4n) is 3.40. The number of rotatable bonds is 5. The van der Waals surface area contributed by atoms with Crippen molar-refractivity contribution in [2.75, 3.05) is 13.7 Å². The predicted molar refractivity (Wildman–Crippen MR) is 92.4 cm³/mol. The average Bonchev–Trinajstić information content (AvgIpc) is 2.94. The van der Waals surface area contributed by atoms with Crippen LogP contribution in [0.25, 0.3) is 0 Å². The first kappa shape index (κ1) is 17.6. The highest BCUT2D eigenvalue weighted by Crippen LogP contribution is 2.45. The number of nitrogens with zero attached hydrogens (tertiary/aromatic N) is 1. The van der Waals surface area contributed by atoms with Crippen LogP contribution in [0.5, 0.6) is 5.75 Å². The third kappa shape index (κ3) is 2.52. The van der Waals surface area contributed by atoms with Gasteiger partial charge in [0.05, 0.1) is 24.2 Å². The molecule has 0 aromatic heterocycles. The summed E-state index contributed by atoms with van der Waals surface area (Å²) in [5.74, 6) is -0.740. The Morgan fingerprint density at radius 2 is 2.00 bits per heavy atom. The first-order chi connectivity index (χ1) is 12.5. The van der Waals surface area contributed by atoms with Crippen molar-refractivity contribution in [1.82, 2.24) is 0 Å². The molecule has 0 saturated heterocycles. The summed E-state index contributed by atoms with van der Waals surface area (Å²) in [6.07, 6.45) is -0.0119. The second-order valence-corrected chi connectivity index (χ2v) is 5.93. The monoisotopic (exact) mass is 355 g/mol. The van der Waals surface area contributed by atoms with Gasteiger partial charge in [-0.3, -0.25) is 19.7 Å². The van der Waals surface area contributed by atoms with Crippen molar-refractivity contribution in [1.29, 1.82) is 0 Å². The van der Waals surface area contributed by atoms with E-state index in [0.717, 1.165) is 0 Å². The standard InChI is InChI=1S/C19H17NO6/c1-3-26-18(22)19(15-6-4-5-7-16(15)20(23)24)11-12-10-13(25-2)8-9-14(12)17(19)21/h4-10H,3,11H2,1-2H3. The highest BCUT2D eigenvalue weighted by atomic mass is 16.6. The minimum absolute atomic E-state index is 0.0119. The Hall–Kier alpha value is -3.22. The second kappa shape index (κ2) is 6.59. The van der Waals surface area contributed by atoms with Gasteiger partial charge in [0, 0.05) is 18.1 Å². The van der Waals surface area contributed by atoms with E-state index in [1.807, 2.05) is 0 Å². The molecule has 0 N–H and O–H groups in total. The van der Waals surface area contributed by atoms with Gasteiger partial charge in [0.25, 0.3) is 5.69 Å². The molecule has 0 radical (unpaired) electrons. The van der Waals surface area contributed by atoms with Crippen LogP contribution in [-0.2, 0) is 21.4 Å². The zero-order valence-corrected chi connectivity index (χ0v) is 14.4. The van der Waals surface area contributed by atoms with E-state index in [0.29, 0.717) is 16.9 Å². The maximum absolute atomic E-state index is 13.2. The third-order valence-corrected chi connectivity index (χ3v) is 4.58. The van der Waals surface area contributed by atoms with Crippen LogP contribution in [-0.4, -0.2) is 30.4 Å². The lowest BCUT2D eigenvalue weighted by Gasteiger charge is -2.25. The van der Waals surface area contributed by atoms with Gasteiger partial charge < -0.3 is 9.47 Å². The number of hydrogen-bond donors (Lipinski definition) is 0. The molecule has 3 rings (SSSR count). The Kier molecular flexibility index (Phi) is 4.46. The lowest BCUT2D eigenvalue weighted by atomic mass is 9.76. The van der Waals surface area contributed by atoms with E-state index in [1.54, 1.807) is 31.2 Å². The molecule has 7 heteroatoms. The SMILES string of the molecule is CCOC(=O)C1(c2ccccc2[N+](=O)[O-])Cc2cc(OC)ccc2C1=O. The van der Waals surface area contributed by atoms with Crippen LogP contribution >= 0.6 is 0 Å². The number of Topliss-reactive ketones (excluding diaryl/α,β-unsaturated/α-hetero) is 1. The van der Waals surface area contributed by atoms with Gasteiger partial charge in [-0.15, -0.1) is 0 Å². The van der Waals surface area contributed by atoms with Crippen molar-refractivity contribution in [2.24, 2.45) is 0 Å². The summed E-state index contributed by atoms with van der Waals surface area (Å²) in [5, 5.41) is 11.5. The number of carbonyl (C=O) groups excluding carboxylic acids is 2. The number of fused-ring (bicyclic) bond motifs is 1. The van der Waals surface area contributed by atoms with Crippen molar-refractivity contribution in [2.45, 2.75) is 18.8 Å². The number of ketones is 1. The van der Waals surface area contributed by atoms with Gasteiger partial charge in [-0.2, -0.15) is 0 Å². The number of esters is 1. The molecule has 0 aliphatic heterocycles. The minimum atomic E-state index is -1.77. The van der Waals surface area contributed by atoms with Crippen LogP contribution in [0.15, 0.2) is 42.5 Å². The molecule has 1 aliphatic rings. The second-order valence-electron chi connectivity index (χ2n) is 5.93. The summed E-state index contributed by atoms with van der Waals surface area (Å²) in [5.41, 5.74) is -1.07. The highest BCUT2D eigenvalue weighted by Gasteiger charge is 2.56. The number of nitro groups is 1. The number of hydrogen-bond acceptors (Lipinski definition) is 6. The van der Waals surface area contributed by atoms with Gasteiger partial charge in [-0.25, -0.2) is 0 Å².